The Kier molecular flexibility index (Phi) is 6.51. The van der Waals surface area contributed by atoms with E-state index in [-0.39, 0.29) is 16.7 Å². The van der Waals surface area contributed by atoms with Gasteiger partial charge in [0.15, 0.2) is 0 Å². The summed E-state index contributed by atoms with van der Waals surface area (Å²) in [5.41, 5.74) is 2.18. The Hall–Kier alpha value is -3.53. The van der Waals surface area contributed by atoms with Crippen molar-refractivity contribution in [1.82, 2.24) is 4.98 Å². The predicted octanol–water partition coefficient (Wildman–Crippen LogP) is 5.47. The van der Waals surface area contributed by atoms with Crippen molar-refractivity contribution >= 4 is 52.2 Å². The molecule has 10 heteroatoms. The minimum absolute atomic E-state index is 0.223. The van der Waals surface area contributed by atoms with Crippen LogP contribution in [0.1, 0.15) is 21.9 Å². The normalized spacial score (nSPS) is 20.3. The molecule has 2 aliphatic rings. The molecule has 192 valence electrons. The summed E-state index contributed by atoms with van der Waals surface area (Å²) in [6, 6.07) is 21.7. The topological polar surface area (TPSA) is 88.7 Å². The van der Waals surface area contributed by atoms with Crippen LogP contribution in [0.2, 0.25) is 5.02 Å². The number of nitrogens with one attached hydrogen (secondary N) is 1. The molecule has 3 atom stereocenters. The number of ether oxygens (including phenoxy) is 2. The van der Waals surface area contributed by atoms with Crippen LogP contribution in [0.5, 0.6) is 11.5 Å². The lowest BCUT2D eigenvalue weighted by atomic mass is 9.82. The smallest absolute Gasteiger partial charge is 0.305 e. The van der Waals surface area contributed by atoms with Crippen molar-refractivity contribution in [2.45, 2.75) is 22.8 Å². The van der Waals surface area contributed by atoms with Gasteiger partial charge in [0, 0.05) is 21.4 Å². The van der Waals surface area contributed by atoms with Gasteiger partial charge < -0.3 is 14.5 Å². The zero-order valence-corrected chi connectivity index (χ0v) is 22.4. The molecule has 7 nitrogen and oxygen atoms in total. The van der Waals surface area contributed by atoms with Gasteiger partial charge in [0.25, 0.3) is 0 Å². The quantitative estimate of drug-likeness (QED) is 0.312. The number of rotatable bonds is 6. The summed E-state index contributed by atoms with van der Waals surface area (Å²) in [5, 5.41) is 0.578. The Balaban J connectivity index is 1.40. The van der Waals surface area contributed by atoms with Gasteiger partial charge >= 0.3 is 4.87 Å². The molecule has 3 aromatic carbocycles. The lowest BCUT2D eigenvalue weighted by molar-refractivity contribution is -0.122. The summed E-state index contributed by atoms with van der Waals surface area (Å²) in [7, 11) is 1.56. The van der Waals surface area contributed by atoms with E-state index in [0.717, 1.165) is 27.3 Å². The van der Waals surface area contributed by atoms with Crippen molar-refractivity contribution in [3.05, 3.63) is 103 Å². The van der Waals surface area contributed by atoms with Gasteiger partial charge in [0.1, 0.15) is 23.4 Å². The molecule has 1 saturated heterocycles. The van der Waals surface area contributed by atoms with E-state index in [1.54, 1.807) is 43.5 Å². The van der Waals surface area contributed by atoms with E-state index in [1.165, 1.54) is 16.7 Å². The van der Waals surface area contributed by atoms with Gasteiger partial charge in [-0.05, 0) is 48.0 Å². The monoisotopic (exact) mass is 564 g/mol. The van der Waals surface area contributed by atoms with E-state index >= 15 is 0 Å². The van der Waals surface area contributed by atoms with Crippen molar-refractivity contribution < 1.29 is 19.1 Å². The fraction of sp³-hybridized carbons (Fsp3) is 0.179. The SMILES string of the molecule is COc1ccc(N2C(=O)C3Sc4[nH]c(=O)sc4[C@H](c4ccccc4OCc4ccc(Cl)cc4)C3C2=O)cc1. The van der Waals surface area contributed by atoms with Crippen LogP contribution in [0, 0.1) is 5.92 Å². The number of aromatic nitrogens is 1. The molecule has 4 aromatic rings. The highest BCUT2D eigenvalue weighted by Crippen LogP contribution is 2.54. The van der Waals surface area contributed by atoms with Crippen LogP contribution in [0.3, 0.4) is 0 Å². The van der Waals surface area contributed by atoms with Gasteiger partial charge in [-0.3, -0.25) is 14.4 Å². The summed E-state index contributed by atoms with van der Waals surface area (Å²) in [4.78, 5) is 44.6. The number of thiazole rings is 1. The third-order valence-electron chi connectivity index (χ3n) is 6.72. The molecule has 1 N–H and O–H groups in total. The summed E-state index contributed by atoms with van der Waals surface area (Å²) in [5.74, 6) is -0.619. The number of carbonyl (C=O) groups excluding carboxylic acids is 2. The number of methoxy groups -OCH3 is 1. The number of H-pyrrole nitrogens is 1. The minimum atomic E-state index is -0.700. The largest absolute Gasteiger partial charge is 0.497 e. The number of aromatic amines is 1. The van der Waals surface area contributed by atoms with Crippen LogP contribution in [0.15, 0.2) is 82.6 Å². The Morgan fingerprint density at radius 1 is 0.947 bits per heavy atom. The van der Waals surface area contributed by atoms with Gasteiger partial charge in [-0.15, -0.1) is 0 Å². The van der Waals surface area contributed by atoms with Crippen molar-refractivity contribution in [3.8, 4) is 11.5 Å². The zero-order valence-electron chi connectivity index (χ0n) is 20.1. The number of fused-ring (bicyclic) bond motifs is 2. The molecule has 1 fully saturated rings. The number of carbonyl (C=O) groups is 2. The molecule has 0 aliphatic carbocycles. The number of anilines is 1. The lowest BCUT2D eigenvalue weighted by Crippen LogP contribution is -2.32. The van der Waals surface area contributed by atoms with Crippen LogP contribution in [-0.4, -0.2) is 29.2 Å². The van der Waals surface area contributed by atoms with Crippen molar-refractivity contribution in [2.24, 2.45) is 5.92 Å². The minimum Gasteiger partial charge on any atom is -0.497 e. The molecule has 0 saturated carbocycles. The third-order valence-corrected chi connectivity index (χ3v) is 9.37. The third kappa shape index (κ3) is 4.30. The Morgan fingerprint density at radius 2 is 1.68 bits per heavy atom. The number of thioether (sulfide) groups is 1. The predicted molar refractivity (Wildman–Crippen MR) is 148 cm³/mol. The fourth-order valence-electron chi connectivity index (χ4n) is 4.95. The first-order valence-corrected chi connectivity index (χ1v) is 13.9. The Labute approximate surface area is 231 Å². The number of hydrogen-bond acceptors (Lipinski definition) is 7. The van der Waals surface area contributed by atoms with Gasteiger partial charge in [-0.2, -0.15) is 0 Å². The molecule has 38 heavy (non-hydrogen) atoms. The van der Waals surface area contributed by atoms with Gasteiger partial charge in [0.05, 0.1) is 23.7 Å². The first kappa shape index (κ1) is 24.8. The summed E-state index contributed by atoms with van der Waals surface area (Å²) < 4.78 is 11.5. The summed E-state index contributed by atoms with van der Waals surface area (Å²) >= 11 is 8.33. The number of imide groups is 1. The molecule has 2 amide bonds. The Morgan fingerprint density at radius 3 is 2.42 bits per heavy atom. The second kappa shape index (κ2) is 9.98. The first-order valence-electron chi connectivity index (χ1n) is 11.8. The molecule has 0 radical (unpaired) electrons. The highest BCUT2D eigenvalue weighted by atomic mass is 35.5. The number of amides is 2. The van der Waals surface area contributed by atoms with E-state index in [1.807, 2.05) is 36.4 Å². The molecule has 2 unspecified atom stereocenters. The molecule has 1 aromatic heterocycles. The second-order valence-corrected chi connectivity index (χ2v) is 11.5. The maximum atomic E-state index is 14.0. The maximum absolute atomic E-state index is 14.0. The average molecular weight is 565 g/mol. The first-order chi connectivity index (χ1) is 18.4. The highest BCUT2D eigenvalue weighted by Gasteiger charge is 2.56. The van der Waals surface area contributed by atoms with E-state index in [0.29, 0.717) is 33.8 Å². The van der Waals surface area contributed by atoms with Crippen LogP contribution in [0.4, 0.5) is 5.69 Å². The van der Waals surface area contributed by atoms with Crippen molar-refractivity contribution in [3.63, 3.8) is 0 Å². The molecule has 0 spiro atoms. The van der Waals surface area contributed by atoms with Crippen LogP contribution < -0.4 is 19.2 Å². The van der Waals surface area contributed by atoms with Gasteiger partial charge in [0.2, 0.25) is 11.8 Å². The second-order valence-electron chi connectivity index (χ2n) is 8.91. The molecular formula is C28H21ClN2O5S2. The van der Waals surface area contributed by atoms with E-state index < -0.39 is 17.1 Å². The highest BCUT2D eigenvalue weighted by molar-refractivity contribution is 8.00. The van der Waals surface area contributed by atoms with Crippen molar-refractivity contribution in [1.29, 1.82) is 0 Å². The zero-order chi connectivity index (χ0) is 26.4. The van der Waals surface area contributed by atoms with E-state index in [4.69, 9.17) is 21.1 Å². The van der Waals surface area contributed by atoms with Crippen LogP contribution in [0.25, 0.3) is 0 Å². The lowest BCUT2D eigenvalue weighted by Gasteiger charge is -2.30. The van der Waals surface area contributed by atoms with E-state index in [9.17, 15) is 14.4 Å². The number of para-hydroxylation sites is 1. The van der Waals surface area contributed by atoms with Crippen molar-refractivity contribution in [2.75, 3.05) is 12.0 Å². The molecule has 6 rings (SSSR count). The van der Waals surface area contributed by atoms with Crippen LogP contribution in [-0.2, 0) is 16.2 Å². The van der Waals surface area contributed by atoms with E-state index in [2.05, 4.69) is 4.98 Å². The van der Waals surface area contributed by atoms with Gasteiger partial charge in [-0.25, -0.2) is 4.90 Å². The standard InChI is InChI=1S/C28H21ClN2O5S2/c1-35-18-12-10-17(11-13-18)31-26(32)22-21(23-25(30-28(34)38-23)37-24(22)27(31)33)19-4-2-3-5-20(19)36-14-15-6-8-16(29)9-7-15/h2-13,21-22,24H,14H2,1H3,(H,30,34)/t21-,22?,24?/m1/s1. The molecule has 3 heterocycles. The molecular weight excluding hydrogens is 544 g/mol. The number of benzene rings is 3. The number of nitrogens with zero attached hydrogens (tertiary/aromatic N) is 1. The van der Waals surface area contributed by atoms with Crippen LogP contribution >= 0.6 is 34.7 Å². The molecule has 2 aliphatic heterocycles. The number of hydrogen-bond donors (Lipinski definition) is 1. The summed E-state index contributed by atoms with van der Waals surface area (Å²) in [6.07, 6.45) is 0. The number of halogens is 1. The maximum Gasteiger partial charge on any atom is 0.305 e. The fourth-order valence-corrected chi connectivity index (χ4v) is 7.58. The average Bonchev–Trinajstić information content (AvgIpc) is 3.43. The Bertz CT molecular complexity index is 1580. The summed E-state index contributed by atoms with van der Waals surface area (Å²) in [6.45, 7) is 0.296. The van der Waals surface area contributed by atoms with Gasteiger partial charge in [-0.1, -0.05) is 65.0 Å². The molecule has 0 bridgehead atoms.